The van der Waals surface area contributed by atoms with E-state index in [-0.39, 0.29) is 18.0 Å². The lowest BCUT2D eigenvalue weighted by Crippen LogP contribution is -2.28. The van der Waals surface area contributed by atoms with E-state index in [0.717, 1.165) is 12.1 Å². The third-order valence-corrected chi connectivity index (χ3v) is 4.15. The summed E-state index contributed by atoms with van der Waals surface area (Å²) in [4.78, 5) is -0.889. The Kier molecular flexibility index (Phi) is 5.42. The van der Waals surface area contributed by atoms with E-state index in [9.17, 15) is 21.6 Å². The summed E-state index contributed by atoms with van der Waals surface area (Å²) in [6.07, 6.45) is -5.50. The molecule has 20 heavy (non-hydrogen) atoms. The van der Waals surface area contributed by atoms with Gasteiger partial charge >= 0.3 is 6.18 Å². The molecule has 9 heteroatoms. The van der Waals surface area contributed by atoms with Crippen molar-refractivity contribution < 1.29 is 26.7 Å². The summed E-state index contributed by atoms with van der Waals surface area (Å²) in [5, 5.41) is 8.80. The fourth-order valence-corrected chi connectivity index (χ4v) is 2.86. The summed E-state index contributed by atoms with van der Waals surface area (Å²) >= 11 is 5.47. The van der Waals surface area contributed by atoms with Crippen LogP contribution in [0.4, 0.5) is 13.2 Å². The van der Waals surface area contributed by atoms with Crippen LogP contribution < -0.4 is 4.72 Å². The fraction of sp³-hybridized carbons (Fsp3) is 0.455. The molecule has 0 amide bonds. The number of benzene rings is 1. The van der Waals surface area contributed by atoms with Crippen molar-refractivity contribution in [1.82, 2.24) is 4.72 Å². The standard InChI is InChI=1S/C11H13ClF3NO3S/c1-7(17)4-5-16-20(18,19)10-3-2-8(12)6-9(10)11(13,14)15/h2-3,6-7,16-17H,4-5H2,1H3. The average molecular weight is 332 g/mol. The normalized spacial score (nSPS) is 14.3. The van der Waals surface area contributed by atoms with Gasteiger partial charge in [-0.15, -0.1) is 0 Å². The molecule has 1 unspecified atom stereocenters. The van der Waals surface area contributed by atoms with Crippen LogP contribution in [0.1, 0.15) is 18.9 Å². The molecule has 0 bridgehead atoms. The Balaban J connectivity index is 3.12. The molecule has 1 aromatic rings. The van der Waals surface area contributed by atoms with Crippen LogP contribution in [0.15, 0.2) is 23.1 Å². The predicted octanol–water partition coefficient (Wildman–Crippen LogP) is 2.41. The van der Waals surface area contributed by atoms with Crippen molar-refractivity contribution in [3.05, 3.63) is 28.8 Å². The minimum Gasteiger partial charge on any atom is -0.393 e. The molecular formula is C11H13ClF3NO3S. The number of alkyl halides is 3. The van der Waals surface area contributed by atoms with Gasteiger partial charge in [-0.1, -0.05) is 11.6 Å². The monoisotopic (exact) mass is 331 g/mol. The highest BCUT2D eigenvalue weighted by Gasteiger charge is 2.37. The molecular weight excluding hydrogens is 319 g/mol. The van der Waals surface area contributed by atoms with Gasteiger partial charge < -0.3 is 5.11 Å². The number of rotatable bonds is 5. The molecule has 0 saturated heterocycles. The van der Waals surface area contributed by atoms with E-state index < -0.39 is 32.8 Å². The van der Waals surface area contributed by atoms with Crippen LogP contribution in [-0.4, -0.2) is 26.2 Å². The Hall–Kier alpha value is -0.830. The maximum absolute atomic E-state index is 12.8. The molecule has 0 saturated carbocycles. The highest BCUT2D eigenvalue weighted by molar-refractivity contribution is 7.89. The first-order valence-corrected chi connectivity index (χ1v) is 7.44. The zero-order valence-electron chi connectivity index (χ0n) is 10.4. The van der Waals surface area contributed by atoms with E-state index in [4.69, 9.17) is 16.7 Å². The van der Waals surface area contributed by atoms with Crippen molar-refractivity contribution in [3.63, 3.8) is 0 Å². The quantitative estimate of drug-likeness (QED) is 0.870. The lowest BCUT2D eigenvalue weighted by atomic mass is 10.2. The highest BCUT2D eigenvalue weighted by atomic mass is 35.5. The molecule has 0 heterocycles. The zero-order chi connectivity index (χ0) is 15.6. The Morgan fingerprint density at radius 2 is 2.00 bits per heavy atom. The zero-order valence-corrected chi connectivity index (χ0v) is 12.0. The summed E-state index contributed by atoms with van der Waals surface area (Å²) in [6, 6.07) is 2.43. The second-order valence-electron chi connectivity index (χ2n) is 4.17. The first-order chi connectivity index (χ1) is 9.04. The lowest BCUT2D eigenvalue weighted by molar-refractivity contribution is -0.139. The second kappa shape index (κ2) is 6.30. The van der Waals surface area contributed by atoms with Crippen molar-refractivity contribution >= 4 is 21.6 Å². The van der Waals surface area contributed by atoms with Gasteiger partial charge in [0.2, 0.25) is 10.0 Å². The maximum Gasteiger partial charge on any atom is 0.417 e. The van der Waals surface area contributed by atoms with Crippen molar-refractivity contribution in [1.29, 1.82) is 0 Å². The van der Waals surface area contributed by atoms with Gasteiger partial charge in [-0.05, 0) is 31.5 Å². The third kappa shape index (κ3) is 4.62. The summed E-state index contributed by atoms with van der Waals surface area (Å²) in [6.45, 7) is 1.28. The fourth-order valence-electron chi connectivity index (χ4n) is 1.44. The minimum absolute atomic E-state index is 0.0914. The van der Waals surface area contributed by atoms with E-state index in [1.54, 1.807) is 0 Å². The van der Waals surface area contributed by atoms with E-state index in [1.165, 1.54) is 6.92 Å². The van der Waals surface area contributed by atoms with Gasteiger partial charge in [0.05, 0.1) is 16.6 Å². The van der Waals surface area contributed by atoms with Crippen LogP contribution in [-0.2, 0) is 16.2 Å². The SMILES string of the molecule is CC(O)CCNS(=O)(=O)c1ccc(Cl)cc1C(F)(F)F. The van der Waals surface area contributed by atoms with E-state index >= 15 is 0 Å². The number of hydrogen-bond donors (Lipinski definition) is 2. The van der Waals surface area contributed by atoms with Gasteiger partial charge in [-0.25, -0.2) is 13.1 Å². The van der Waals surface area contributed by atoms with Gasteiger partial charge in [0.25, 0.3) is 0 Å². The number of hydrogen-bond acceptors (Lipinski definition) is 3. The molecule has 0 aliphatic heterocycles. The first-order valence-electron chi connectivity index (χ1n) is 5.58. The number of halogens is 4. The van der Waals surface area contributed by atoms with Crippen LogP contribution in [0, 0.1) is 0 Å². The summed E-state index contributed by atoms with van der Waals surface area (Å²) < 4.78 is 64.2. The molecule has 1 atom stereocenters. The molecule has 0 radical (unpaired) electrons. The van der Waals surface area contributed by atoms with Crippen LogP contribution in [0.5, 0.6) is 0 Å². The molecule has 4 nitrogen and oxygen atoms in total. The Labute approximate surface area is 119 Å². The van der Waals surface area contributed by atoms with Crippen LogP contribution in [0.25, 0.3) is 0 Å². The summed E-state index contributed by atoms with van der Waals surface area (Å²) in [7, 11) is -4.33. The van der Waals surface area contributed by atoms with Crippen molar-refractivity contribution in [3.8, 4) is 0 Å². The van der Waals surface area contributed by atoms with Crippen LogP contribution >= 0.6 is 11.6 Å². The van der Waals surface area contributed by atoms with Gasteiger partial charge in [0.15, 0.2) is 0 Å². The van der Waals surface area contributed by atoms with Crippen molar-refractivity contribution in [2.45, 2.75) is 30.5 Å². The molecule has 0 aromatic heterocycles. The predicted molar refractivity (Wildman–Crippen MR) is 67.9 cm³/mol. The van der Waals surface area contributed by atoms with Gasteiger partial charge in [0, 0.05) is 11.6 Å². The minimum atomic E-state index is -4.83. The largest absolute Gasteiger partial charge is 0.417 e. The van der Waals surface area contributed by atoms with Crippen LogP contribution in [0.2, 0.25) is 5.02 Å². The molecule has 0 fully saturated rings. The first kappa shape index (κ1) is 17.2. The third-order valence-electron chi connectivity index (χ3n) is 2.39. The average Bonchev–Trinajstić information content (AvgIpc) is 2.26. The summed E-state index contributed by atoms with van der Waals surface area (Å²) in [5.41, 5.74) is -1.32. The van der Waals surface area contributed by atoms with E-state index in [1.807, 2.05) is 4.72 Å². The highest BCUT2D eigenvalue weighted by Crippen LogP contribution is 2.35. The Morgan fingerprint density at radius 1 is 1.40 bits per heavy atom. The van der Waals surface area contributed by atoms with Crippen LogP contribution in [0.3, 0.4) is 0 Å². The molecule has 0 spiro atoms. The van der Waals surface area contributed by atoms with Crippen molar-refractivity contribution in [2.24, 2.45) is 0 Å². The molecule has 1 rings (SSSR count). The van der Waals surface area contributed by atoms with E-state index in [2.05, 4.69) is 0 Å². The molecule has 1 aromatic carbocycles. The van der Waals surface area contributed by atoms with Gasteiger partial charge in [0.1, 0.15) is 0 Å². The molecule has 114 valence electrons. The second-order valence-corrected chi connectivity index (χ2v) is 6.35. The lowest BCUT2D eigenvalue weighted by Gasteiger charge is -2.14. The smallest absolute Gasteiger partial charge is 0.393 e. The Bertz CT molecular complexity index is 573. The number of nitrogens with one attached hydrogen (secondary N) is 1. The molecule has 2 N–H and O–H groups in total. The topological polar surface area (TPSA) is 66.4 Å². The number of aliphatic hydroxyl groups excluding tert-OH is 1. The van der Waals surface area contributed by atoms with Gasteiger partial charge in [-0.2, -0.15) is 13.2 Å². The Morgan fingerprint density at radius 3 is 2.50 bits per heavy atom. The van der Waals surface area contributed by atoms with E-state index in [0.29, 0.717) is 6.07 Å². The molecule has 0 aliphatic rings. The summed E-state index contributed by atoms with van der Waals surface area (Å²) in [5.74, 6) is 0. The number of sulfonamides is 1. The van der Waals surface area contributed by atoms with Crippen molar-refractivity contribution in [2.75, 3.05) is 6.54 Å². The van der Waals surface area contributed by atoms with Gasteiger partial charge in [-0.3, -0.25) is 0 Å². The number of aliphatic hydroxyl groups is 1. The maximum atomic E-state index is 12.8. The molecule has 0 aliphatic carbocycles.